The minimum atomic E-state index is -4.64. The van der Waals surface area contributed by atoms with Crippen molar-refractivity contribution < 1.29 is 27.1 Å². The number of carbonyl (C=O) groups is 1. The maximum absolute atomic E-state index is 13.9. The Labute approximate surface area is 125 Å². The van der Waals surface area contributed by atoms with Gasteiger partial charge in [-0.2, -0.15) is 13.2 Å². The van der Waals surface area contributed by atoms with Crippen LogP contribution in [-0.2, 0) is 10.9 Å². The molecule has 1 aromatic carbocycles. The van der Waals surface area contributed by atoms with E-state index in [1.807, 2.05) is 0 Å². The van der Waals surface area contributed by atoms with Crippen LogP contribution >= 0.6 is 0 Å². The highest BCUT2D eigenvalue weighted by molar-refractivity contribution is 5.68. The minimum absolute atomic E-state index is 0.138. The number of hydrogen-bond acceptors (Lipinski definition) is 3. The number of nitrogens with one attached hydrogen (secondary N) is 1. The van der Waals surface area contributed by atoms with Crippen LogP contribution in [0, 0.1) is 5.82 Å². The van der Waals surface area contributed by atoms with Gasteiger partial charge in [0.25, 0.3) is 0 Å². The van der Waals surface area contributed by atoms with E-state index in [1.54, 1.807) is 20.8 Å². The normalized spacial score (nSPS) is 13.6. The second-order valence-corrected chi connectivity index (χ2v) is 5.67. The lowest BCUT2D eigenvalue weighted by Crippen LogP contribution is -2.38. The molecule has 124 valence electrons. The third-order valence-electron chi connectivity index (χ3n) is 2.63. The van der Waals surface area contributed by atoms with Crippen molar-refractivity contribution in [3.63, 3.8) is 0 Å². The Hall–Kier alpha value is -1.83. The molecule has 22 heavy (non-hydrogen) atoms. The van der Waals surface area contributed by atoms with E-state index < -0.39 is 35.3 Å². The fraction of sp³-hybridized carbons (Fsp3) is 0.500. The van der Waals surface area contributed by atoms with Gasteiger partial charge in [-0.15, -0.1) is 0 Å². The molecule has 0 aliphatic heterocycles. The molecule has 0 spiro atoms. The van der Waals surface area contributed by atoms with Crippen molar-refractivity contribution in [1.29, 1.82) is 0 Å². The molecule has 0 saturated heterocycles. The molecule has 0 aliphatic rings. The molecule has 0 radical (unpaired) electrons. The first-order valence-electron chi connectivity index (χ1n) is 6.50. The van der Waals surface area contributed by atoms with E-state index in [0.29, 0.717) is 6.07 Å². The van der Waals surface area contributed by atoms with Crippen LogP contribution in [-0.4, -0.2) is 18.2 Å². The van der Waals surface area contributed by atoms with Crippen molar-refractivity contribution in [2.45, 2.75) is 38.6 Å². The molecule has 1 unspecified atom stereocenters. The highest BCUT2D eigenvalue weighted by Crippen LogP contribution is 2.31. The summed E-state index contributed by atoms with van der Waals surface area (Å²) in [6.45, 7) is 4.73. The molecule has 0 bridgehead atoms. The van der Waals surface area contributed by atoms with E-state index >= 15 is 0 Å². The monoisotopic (exact) mass is 322 g/mol. The van der Waals surface area contributed by atoms with Crippen molar-refractivity contribution in [1.82, 2.24) is 5.32 Å². The predicted molar refractivity (Wildman–Crippen MR) is 72.6 cm³/mol. The van der Waals surface area contributed by atoms with Gasteiger partial charge in [0.2, 0.25) is 0 Å². The third-order valence-corrected chi connectivity index (χ3v) is 2.63. The van der Waals surface area contributed by atoms with Crippen molar-refractivity contribution in [3.05, 3.63) is 35.1 Å². The zero-order valence-electron chi connectivity index (χ0n) is 12.4. The average Bonchev–Trinajstić information content (AvgIpc) is 2.33. The van der Waals surface area contributed by atoms with E-state index in [0.717, 1.165) is 12.1 Å². The molecular weight excluding hydrogens is 304 g/mol. The topological polar surface area (TPSA) is 64.3 Å². The molecule has 0 fully saturated rings. The molecule has 4 nitrogen and oxygen atoms in total. The van der Waals surface area contributed by atoms with E-state index in [9.17, 15) is 22.4 Å². The maximum Gasteiger partial charge on any atom is 0.416 e. The fourth-order valence-electron chi connectivity index (χ4n) is 1.70. The summed E-state index contributed by atoms with van der Waals surface area (Å²) in [7, 11) is 0. The molecule has 3 N–H and O–H groups in total. The van der Waals surface area contributed by atoms with E-state index in [2.05, 4.69) is 5.32 Å². The predicted octanol–water partition coefficient (Wildman–Crippen LogP) is 3.37. The summed E-state index contributed by atoms with van der Waals surface area (Å²) in [5.74, 6) is -1.10. The number of benzene rings is 1. The number of nitrogens with two attached hydrogens (primary N) is 1. The van der Waals surface area contributed by atoms with Gasteiger partial charge in [-0.05, 0) is 32.9 Å². The molecule has 0 aromatic heterocycles. The number of carbonyl (C=O) groups excluding carboxylic acids is 1. The second kappa shape index (κ2) is 6.51. The van der Waals surface area contributed by atoms with Crippen LogP contribution in [0.5, 0.6) is 0 Å². The highest BCUT2D eigenvalue weighted by atomic mass is 19.4. The zero-order chi connectivity index (χ0) is 17.1. The Kier molecular flexibility index (Phi) is 5.39. The lowest BCUT2D eigenvalue weighted by atomic mass is 10.0. The Morgan fingerprint density at radius 3 is 2.32 bits per heavy atom. The molecule has 0 aliphatic carbocycles. The Balaban J connectivity index is 2.94. The summed E-state index contributed by atoms with van der Waals surface area (Å²) in [5, 5.41) is 2.33. The van der Waals surface area contributed by atoms with Crippen LogP contribution in [0.2, 0.25) is 0 Å². The number of alkyl carbamates (subject to hydrolysis) is 1. The van der Waals surface area contributed by atoms with Gasteiger partial charge in [0.1, 0.15) is 11.4 Å². The molecule has 1 amide bonds. The SMILES string of the molecule is CC(C)(C)OC(=O)NC(CN)c1ccc(C(F)(F)F)cc1F. The van der Waals surface area contributed by atoms with Crippen molar-refractivity contribution in [3.8, 4) is 0 Å². The standard InChI is InChI=1S/C14H18F4N2O2/c1-13(2,3)22-12(21)20-11(7-19)9-5-4-8(6-10(9)15)14(16,17)18/h4-6,11H,7,19H2,1-3H3,(H,20,21). The second-order valence-electron chi connectivity index (χ2n) is 5.67. The van der Waals surface area contributed by atoms with Crippen LogP contribution < -0.4 is 11.1 Å². The van der Waals surface area contributed by atoms with Crippen LogP contribution in [0.15, 0.2) is 18.2 Å². The minimum Gasteiger partial charge on any atom is -0.444 e. The molecule has 1 atom stereocenters. The highest BCUT2D eigenvalue weighted by Gasteiger charge is 2.32. The Bertz CT molecular complexity index is 539. The number of amides is 1. The Morgan fingerprint density at radius 2 is 1.91 bits per heavy atom. The smallest absolute Gasteiger partial charge is 0.416 e. The van der Waals surface area contributed by atoms with Gasteiger partial charge in [-0.25, -0.2) is 9.18 Å². The van der Waals surface area contributed by atoms with E-state index in [1.165, 1.54) is 0 Å². The summed E-state index contributed by atoms with van der Waals surface area (Å²) in [4.78, 5) is 11.6. The van der Waals surface area contributed by atoms with Crippen molar-refractivity contribution in [2.24, 2.45) is 5.73 Å². The van der Waals surface area contributed by atoms with Crippen molar-refractivity contribution >= 4 is 6.09 Å². The van der Waals surface area contributed by atoms with Gasteiger partial charge in [-0.3, -0.25) is 0 Å². The lowest BCUT2D eigenvalue weighted by molar-refractivity contribution is -0.137. The van der Waals surface area contributed by atoms with Crippen LogP contribution in [0.1, 0.15) is 37.9 Å². The Morgan fingerprint density at radius 1 is 1.32 bits per heavy atom. The first-order valence-corrected chi connectivity index (χ1v) is 6.50. The zero-order valence-corrected chi connectivity index (χ0v) is 12.4. The van der Waals surface area contributed by atoms with Gasteiger partial charge in [-0.1, -0.05) is 6.07 Å². The fourth-order valence-corrected chi connectivity index (χ4v) is 1.70. The quantitative estimate of drug-likeness (QED) is 0.839. The van der Waals surface area contributed by atoms with E-state index in [4.69, 9.17) is 10.5 Å². The summed E-state index contributed by atoms with van der Waals surface area (Å²) >= 11 is 0. The number of hydrogen-bond donors (Lipinski definition) is 2. The molecule has 0 saturated carbocycles. The summed E-state index contributed by atoms with van der Waals surface area (Å²) in [6, 6.07) is 1.07. The number of alkyl halides is 3. The summed E-state index contributed by atoms with van der Waals surface area (Å²) in [6.07, 6.45) is -5.47. The first kappa shape index (κ1) is 18.2. The van der Waals surface area contributed by atoms with Gasteiger partial charge < -0.3 is 15.8 Å². The number of rotatable bonds is 3. The molecular formula is C14H18F4N2O2. The van der Waals surface area contributed by atoms with Crippen LogP contribution in [0.4, 0.5) is 22.4 Å². The first-order chi connectivity index (χ1) is 9.94. The number of ether oxygens (including phenoxy) is 1. The molecule has 1 aromatic rings. The average molecular weight is 322 g/mol. The van der Waals surface area contributed by atoms with E-state index in [-0.39, 0.29) is 12.1 Å². The van der Waals surface area contributed by atoms with Gasteiger partial charge in [0.15, 0.2) is 0 Å². The van der Waals surface area contributed by atoms with Gasteiger partial charge in [0.05, 0.1) is 11.6 Å². The lowest BCUT2D eigenvalue weighted by Gasteiger charge is -2.23. The number of halogens is 4. The van der Waals surface area contributed by atoms with Crippen molar-refractivity contribution in [2.75, 3.05) is 6.54 Å². The molecule has 8 heteroatoms. The molecule has 1 rings (SSSR count). The summed E-state index contributed by atoms with van der Waals surface area (Å²) in [5.41, 5.74) is 3.44. The maximum atomic E-state index is 13.9. The van der Waals surface area contributed by atoms with Gasteiger partial charge in [0, 0.05) is 12.1 Å². The molecule has 0 heterocycles. The van der Waals surface area contributed by atoms with Crippen LogP contribution in [0.25, 0.3) is 0 Å². The summed E-state index contributed by atoms with van der Waals surface area (Å²) < 4.78 is 56.4. The van der Waals surface area contributed by atoms with Gasteiger partial charge >= 0.3 is 12.3 Å². The van der Waals surface area contributed by atoms with Crippen LogP contribution in [0.3, 0.4) is 0 Å². The largest absolute Gasteiger partial charge is 0.444 e. The third kappa shape index (κ3) is 5.18.